The number of halogens is 1. The van der Waals surface area contributed by atoms with Gasteiger partial charge in [-0.1, -0.05) is 24.2 Å². The summed E-state index contributed by atoms with van der Waals surface area (Å²) in [6, 6.07) is 14.8. The summed E-state index contributed by atoms with van der Waals surface area (Å²) in [4.78, 5) is 17.2. The zero-order valence-electron chi connectivity index (χ0n) is 18.1. The quantitative estimate of drug-likeness (QED) is 0.204. The molecule has 32 heavy (non-hydrogen) atoms. The molecule has 8 heteroatoms. The summed E-state index contributed by atoms with van der Waals surface area (Å²) in [6.07, 6.45) is 2.25. The van der Waals surface area contributed by atoms with Crippen molar-refractivity contribution < 1.29 is 28.0 Å². The van der Waals surface area contributed by atoms with E-state index >= 15 is 0 Å². The maximum absolute atomic E-state index is 13.2. The number of nitrogens with one attached hydrogen (secondary N) is 1. The molecule has 0 radical (unpaired) electrons. The van der Waals surface area contributed by atoms with Crippen LogP contribution in [0.4, 0.5) is 4.39 Å². The Bertz CT molecular complexity index is 1060. The Kier molecular flexibility index (Phi) is 7.99. The lowest BCUT2D eigenvalue weighted by Gasteiger charge is -2.11. The second kappa shape index (κ2) is 11.1. The Labute approximate surface area is 185 Å². The number of hydrogen-bond acceptors (Lipinski definition) is 7. The van der Waals surface area contributed by atoms with Crippen LogP contribution in [0.15, 0.2) is 65.4 Å². The van der Waals surface area contributed by atoms with Crippen LogP contribution in [0.2, 0.25) is 0 Å². The van der Waals surface area contributed by atoms with Gasteiger partial charge in [0.1, 0.15) is 29.2 Å². The van der Waals surface area contributed by atoms with Crippen molar-refractivity contribution in [1.82, 2.24) is 10.6 Å². The lowest BCUT2D eigenvalue weighted by atomic mass is 10.0. The molecule has 0 aliphatic heterocycles. The molecule has 1 aromatic heterocycles. The first-order chi connectivity index (χ1) is 15.5. The maximum Gasteiger partial charge on any atom is 0.312 e. The van der Waals surface area contributed by atoms with Crippen molar-refractivity contribution in [2.24, 2.45) is 0 Å². The minimum atomic E-state index is -0.425. The number of ether oxygens (including phenoxy) is 2. The highest BCUT2D eigenvalue weighted by molar-refractivity contribution is 5.77. The molecule has 0 aliphatic rings. The molecule has 3 rings (SSSR count). The minimum Gasteiger partial charge on any atom is -0.469 e. The zero-order valence-corrected chi connectivity index (χ0v) is 18.1. The fourth-order valence-corrected chi connectivity index (χ4v) is 2.82. The number of rotatable bonds is 10. The predicted molar refractivity (Wildman–Crippen MR) is 117 cm³/mol. The molecule has 3 aromatic rings. The van der Waals surface area contributed by atoms with Crippen LogP contribution in [0, 0.1) is 5.82 Å². The van der Waals surface area contributed by atoms with E-state index < -0.39 is 5.92 Å². The monoisotopic (exact) mass is 440 g/mol. The maximum atomic E-state index is 13.2. The summed E-state index contributed by atoms with van der Waals surface area (Å²) in [5.74, 6) is -0.191. The summed E-state index contributed by atoms with van der Waals surface area (Å²) in [6.45, 7) is 4.22. The number of carbonyl (C=O) groups excluding carboxylic acids is 1. The third-order valence-corrected chi connectivity index (χ3v) is 4.63. The molecular weight excluding hydrogens is 415 g/mol. The van der Waals surface area contributed by atoms with Crippen molar-refractivity contribution >= 4 is 11.7 Å². The van der Waals surface area contributed by atoms with Gasteiger partial charge < -0.3 is 14.0 Å². The molecule has 7 nitrogen and oxygen atoms in total. The van der Waals surface area contributed by atoms with Crippen LogP contribution in [0.1, 0.15) is 37.5 Å². The number of benzene rings is 2. The average Bonchev–Trinajstić information content (AvgIpc) is 3.31. The van der Waals surface area contributed by atoms with Gasteiger partial charge in [-0.3, -0.25) is 15.1 Å². The molecule has 2 aromatic carbocycles. The topological polar surface area (TPSA) is 82.8 Å². The van der Waals surface area contributed by atoms with Crippen molar-refractivity contribution in [2.75, 3.05) is 13.7 Å². The lowest BCUT2D eigenvalue weighted by molar-refractivity contribution is -0.141. The first-order valence-corrected chi connectivity index (χ1v) is 10.2. The van der Waals surface area contributed by atoms with Gasteiger partial charge in [-0.25, -0.2) is 4.39 Å². The van der Waals surface area contributed by atoms with E-state index in [1.807, 2.05) is 13.0 Å². The molecule has 1 atom stereocenters. The first-order valence-electron chi connectivity index (χ1n) is 10.2. The van der Waals surface area contributed by atoms with Crippen LogP contribution in [0.5, 0.6) is 5.75 Å². The van der Waals surface area contributed by atoms with Crippen molar-refractivity contribution in [2.45, 2.75) is 26.2 Å². The Morgan fingerprint density at radius 2 is 2.00 bits per heavy atom. The summed E-state index contributed by atoms with van der Waals surface area (Å²) >= 11 is 0. The van der Waals surface area contributed by atoms with Gasteiger partial charge in [-0.2, -0.15) is 0 Å². The van der Waals surface area contributed by atoms with Gasteiger partial charge in [0.05, 0.1) is 19.6 Å². The summed E-state index contributed by atoms with van der Waals surface area (Å²) in [5.41, 5.74) is 5.23. The Morgan fingerprint density at radius 1 is 1.22 bits per heavy atom. The lowest BCUT2D eigenvalue weighted by Crippen LogP contribution is -2.14. The highest BCUT2D eigenvalue weighted by Crippen LogP contribution is 2.25. The summed E-state index contributed by atoms with van der Waals surface area (Å²) < 4.78 is 29.2. The van der Waals surface area contributed by atoms with Crippen molar-refractivity contribution in [3.8, 4) is 17.0 Å². The molecule has 168 valence electrons. The molecule has 0 bridgehead atoms. The molecule has 1 heterocycles. The van der Waals surface area contributed by atoms with E-state index in [0.29, 0.717) is 35.1 Å². The molecule has 0 amide bonds. The standard InChI is InChI=1S/C24H25FN2O5/c1-4-12-31-26-22(23-14-21(27-32-23)17-8-10-19(25)11-9-17)15-30-20-7-5-6-18(13-20)16(2)24(28)29-3/h5-11,13-16,26H,4,12H2,1-3H3. The summed E-state index contributed by atoms with van der Waals surface area (Å²) in [7, 11) is 1.35. The van der Waals surface area contributed by atoms with Gasteiger partial charge in [0.15, 0.2) is 5.76 Å². The highest BCUT2D eigenvalue weighted by atomic mass is 19.1. The number of methoxy groups -OCH3 is 1. The second-order valence-corrected chi connectivity index (χ2v) is 7.00. The van der Waals surface area contributed by atoms with Crippen LogP contribution < -0.4 is 10.2 Å². The average molecular weight is 440 g/mol. The first kappa shape index (κ1) is 23.0. The van der Waals surface area contributed by atoms with E-state index in [-0.39, 0.29) is 11.8 Å². The van der Waals surface area contributed by atoms with Crippen molar-refractivity contribution in [3.63, 3.8) is 0 Å². The number of hydroxylamine groups is 1. The van der Waals surface area contributed by atoms with Crippen LogP contribution in [0.25, 0.3) is 17.0 Å². The molecule has 0 aliphatic carbocycles. The minimum absolute atomic E-state index is 0.329. The van der Waals surface area contributed by atoms with Gasteiger partial charge in [-0.05, 0) is 55.3 Å². The van der Waals surface area contributed by atoms with Crippen LogP contribution in [-0.4, -0.2) is 24.8 Å². The smallest absolute Gasteiger partial charge is 0.312 e. The second-order valence-electron chi connectivity index (χ2n) is 7.00. The number of nitrogens with zero attached hydrogens (tertiary/aromatic N) is 1. The van der Waals surface area contributed by atoms with E-state index in [1.54, 1.807) is 43.3 Å². The molecule has 0 saturated carbocycles. The largest absolute Gasteiger partial charge is 0.469 e. The Morgan fingerprint density at radius 3 is 2.72 bits per heavy atom. The van der Waals surface area contributed by atoms with Crippen LogP contribution >= 0.6 is 0 Å². The molecule has 0 fully saturated rings. The van der Waals surface area contributed by atoms with Crippen LogP contribution in [0.3, 0.4) is 0 Å². The van der Waals surface area contributed by atoms with Gasteiger partial charge in [-0.15, -0.1) is 0 Å². The molecule has 0 saturated heterocycles. The molecule has 1 N–H and O–H groups in total. The van der Waals surface area contributed by atoms with Crippen LogP contribution in [-0.2, 0) is 14.4 Å². The van der Waals surface area contributed by atoms with Crippen molar-refractivity contribution in [1.29, 1.82) is 0 Å². The summed E-state index contributed by atoms with van der Waals surface area (Å²) in [5, 5.41) is 4.05. The van der Waals surface area contributed by atoms with E-state index in [4.69, 9.17) is 18.8 Å². The number of hydrogen-bond donors (Lipinski definition) is 1. The number of carbonyl (C=O) groups is 1. The normalized spacial score (nSPS) is 12.3. The fourth-order valence-electron chi connectivity index (χ4n) is 2.82. The Balaban J connectivity index is 1.82. The SMILES string of the molecule is CCCONC(=COc1cccc(C(C)C(=O)OC)c1)c1cc(-c2ccc(F)cc2)no1. The van der Waals surface area contributed by atoms with E-state index in [0.717, 1.165) is 12.0 Å². The van der Waals surface area contributed by atoms with E-state index in [2.05, 4.69) is 10.6 Å². The van der Waals surface area contributed by atoms with Gasteiger partial charge in [0.25, 0.3) is 0 Å². The molecule has 0 spiro atoms. The van der Waals surface area contributed by atoms with E-state index in [1.165, 1.54) is 25.5 Å². The third-order valence-electron chi connectivity index (χ3n) is 4.63. The fraction of sp³-hybridized carbons (Fsp3) is 0.250. The molecular formula is C24H25FN2O5. The third kappa shape index (κ3) is 5.95. The highest BCUT2D eigenvalue weighted by Gasteiger charge is 2.16. The van der Waals surface area contributed by atoms with Gasteiger partial charge in [0.2, 0.25) is 0 Å². The number of aromatic nitrogens is 1. The van der Waals surface area contributed by atoms with Crippen molar-refractivity contribution in [3.05, 3.63) is 78.0 Å². The zero-order chi connectivity index (χ0) is 22.9. The predicted octanol–water partition coefficient (Wildman–Crippen LogP) is 5.07. The number of esters is 1. The van der Waals surface area contributed by atoms with Gasteiger partial charge >= 0.3 is 5.97 Å². The van der Waals surface area contributed by atoms with E-state index in [9.17, 15) is 9.18 Å². The van der Waals surface area contributed by atoms with Gasteiger partial charge in [0, 0.05) is 11.6 Å². The molecule has 1 unspecified atom stereocenters. The Hall–Kier alpha value is -3.65.